The molecule has 0 aliphatic heterocycles. The highest BCUT2D eigenvalue weighted by molar-refractivity contribution is 5.79. The molecule has 1 heterocycles. The van der Waals surface area contributed by atoms with E-state index in [0.717, 1.165) is 23.8 Å². The summed E-state index contributed by atoms with van der Waals surface area (Å²) >= 11 is 0. The van der Waals surface area contributed by atoms with Crippen molar-refractivity contribution in [3.63, 3.8) is 0 Å². The maximum absolute atomic E-state index is 9.54. The van der Waals surface area contributed by atoms with Crippen molar-refractivity contribution in [2.24, 2.45) is 4.99 Å². The lowest BCUT2D eigenvalue weighted by Gasteiger charge is -2.22. The molecule has 0 radical (unpaired) electrons. The zero-order valence-corrected chi connectivity index (χ0v) is 18.5. The van der Waals surface area contributed by atoms with Crippen LogP contribution in [0, 0.1) is 11.3 Å². The first-order chi connectivity index (χ1) is 15.6. The zero-order valence-electron chi connectivity index (χ0n) is 18.5. The topological polar surface area (TPSA) is 104 Å². The van der Waals surface area contributed by atoms with E-state index in [2.05, 4.69) is 21.5 Å². The van der Waals surface area contributed by atoms with Crippen LogP contribution in [0.15, 0.2) is 65.7 Å². The minimum Gasteiger partial charge on any atom is -0.492 e. The summed E-state index contributed by atoms with van der Waals surface area (Å²) in [7, 11) is 3.73. The highest BCUT2D eigenvalue weighted by Crippen LogP contribution is 2.21. The Morgan fingerprint density at radius 2 is 1.88 bits per heavy atom. The molecule has 0 fully saturated rings. The molecule has 0 amide bonds. The summed E-state index contributed by atoms with van der Waals surface area (Å²) in [5.41, 5.74) is 8.15. The van der Waals surface area contributed by atoms with Crippen molar-refractivity contribution in [2.75, 3.05) is 39.5 Å². The van der Waals surface area contributed by atoms with E-state index in [1.165, 1.54) is 0 Å². The van der Waals surface area contributed by atoms with Crippen LogP contribution in [-0.4, -0.2) is 54.4 Å². The number of ether oxygens (including phenoxy) is 1. The SMILES string of the molecule is CN=C(NCCCc1nn(-c2ccccc2)c(N)c1C#N)N(C)CCOc1ccccc1. The molecule has 0 aliphatic carbocycles. The maximum atomic E-state index is 9.54. The molecule has 0 saturated heterocycles. The number of likely N-dealkylation sites (N-methyl/N-ethyl adjacent to an activating group) is 1. The summed E-state index contributed by atoms with van der Waals surface area (Å²) in [5.74, 6) is 2.01. The Labute approximate surface area is 188 Å². The summed E-state index contributed by atoms with van der Waals surface area (Å²) in [5, 5.41) is 17.5. The number of anilines is 1. The van der Waals surface area contributed by atoms with Crippen molar-refractivity contribution in [2.45, 2.75) is 12.8 Å². The fourth-order valence-corrected chi connectivity index (χ4v) is 3.30. The van der Waals surface area contributed by atoms with Crippen LogP contribution >= 0.6 is 0 Å². The number of hydrogen-bond acceptors (Lipinski definition) is 5. The number of hydrogen-bond donors (Lipinski definition) is 2. The molecule has 0 saturated carbocycles. The van der Waals surface area contributed by atoms with Gasteiger partial charge >= 0.3 is 0 Å². The van der Waals surface area contributed by atoms with Crippen molar-refractivity contribution in [1.29, 1.82) is 5.26 Å². The second-order valence-corrected chi connectivity index (χ2v) is 7.23. The summed E-state index contributed by atoms with van der Waals surface area (Å²) in [6.45, 7) is 1.95. The molecule has 1 aromatic heterocycles. The van der Waals surface area contributed by atoms with Gasteiger partial charge in [0.2, 0.25) is 0 Å². The number of nitrogens with one attached hydrogen (secondary N) is 1. The molecule has 166 valence electrons. The molecule has 3 rings (SSSR count). The van der Waals surface area contributed by atoms with E-state index in [1.54, 1.807) is 11.7 Å². The Balaban J connectivity index is 1.49. The van der Waals surface area contributed by atoms with Crippen molar-refractivity contribution >= 4 is 11.8 Å². The molecule has 8 nitrogen and oxygen atoms in total. The number of aliphatic imine (C=N–C) groups is 1. The minimum absolute atomic E-state index is 0.371. The lowest BCUT2D eigenvalue weighted by molar-refractivity contribution is 0.281. The third-order valence-electron chi connectivity index (χ3n) is 4.99. The molecule has 2 aromatic carbocycles. The van der Waals surface area contributed by atoms with Crippen molar-refractivity contribution < 1.29 is 4.74 Å². The number of nitrogen functional groups attached to an aromatic ring is 1. The summed E-state index contributed by atoms with van der Waals surface area (Å²) in [6.07, 6.45) is 1.42. The molecule has 0 unspecified atom stereocenters. The molecule has 0 atom stereocenters. The van der Waals surface area contributed by atoms with E-state index >= 15 is 0 Å². The molecule has 3 aromatic rings. The van der Waals surface area contributed by atoms with Gasteiger partial charge in [0.15, 0.2) is 5.96 Å². The molecule has 0 bridgehead atoms. The zero-order chi connectivity index (χ0) is 22.8. The van der Waals surface area contributed by atoms with Gasteiger partial charge in [0, 0.05) is 20.6 Å². The Morgan fingerprint density at radius 1 is 1.19 bits per heavy atom. The molecular formula is C24H29N7O. The van der Waals surface area contributed by atoms with Crippen molar-refractivity contribution in [1.82, 2.24) is 20.0 Å². The molecule has 8 heteroatoms. The molecule has 0 aliphatic rings. The predicted octanol–water partition coefficient (Wildman–Crippen LogP) is 2.84. The van der Waals surface area contributed by atoms with Gasteiger partial charge in [0.1, 0.15) is 29.8 Å². The van der Waals surface area contributed by atoms with E-state index < -0.39 is 0 Å². The van der Waals surface area contributed by atoms with Gasteiger partial charge < -0.3 is 20.7 Å². The summed E-state index contributed by atoms with van der Waals surface area (Å²) in [4.78, 5) is 6.35. The highest BCUT2D eigenvalue weighted by Gasteiger charge is 2.16. The number of aromatic nitrogens is 2. The molecule has 32 heavy (non-hydrogen) atoms. The molecule has 0 spiro atoms. The Morgan fingerprint density at radius 3 is 2.53 bits per heavy atom. The van der Waals surface area contributed by atoms with E-state index in [0.29, 0.717) is 43.2 Å². The predicted molar refractivity (Wildman–Crippen MR) is 127 cm³/mol. The minimum atomic E-state index is 0.371. The average Bonchev–Trinajstić information content (AvgIpc) is 3.15. The first-order valence-electron chi connectivity index (χ1n) is 10.6. The number of para-hydroxylation sites is 2. The lowest BCUT2D eigenvalue weighted by atomic mass is 10.1. The Bertz CT molecular complexity index is 1060. The number of nitrogens with zero attached hydrogens (tertiary/aromatic N) is 5. The van der Waals surface area contributed by atoms with Crippen LogP contribution in [-0.2, 0) is 6.42 Å². The van der Waals surface area contributed by atoms with Crippen LogP contribution in [0.25, 0.3) is 5.69 Å². The second kappa shape index (κ2) is 11.4. The van der Waals surface area contributed by atoms with Gasteiger partial charge in [-0.2, -0.15) is 10.4 Å². The average molecular weight is 432 g/mol. The normalized spacial score (nSPS) is 11.1. The van der Waals surface area contributed by atoms with E-state index in [1.807, 2.05) is 72.6 Å². The van der Waals surface area contributed by atoms with Crippen LogP contribution in [0.4, 0.5) is 5.82 Å². The van der Waals surface area contributed by atoms with Gasteiger partial charge in [0.05, 0.1) is 17.9 Å². The van der Waals surface area contributed by atoms with Crippen LogP contribution in [0.1, 0.15) is 17.7 Å². The maximum Gasteiger partial charge on any atom is 0.193 e. The van der Waals surface area contributed by atoms with Gasteiger partial charge in [-0.05, 0) is 37.1 Å². The fourth-order valence-electron chi connectivity index (χ4n) is 3.30. The van der Waals surface area contributed by atoms with Gasteiger partial charge in [-0.25, -0.2) is 4.68 Å². The first kappa shape index (κ1) is 22.7. The first-order valence-corrected chi connectivity index (χ1v) is 10.6. The van der Waals surface area contributed by atoms with Crippen LogP contribution < -0.4 is 15.8 Å². The smallest absolute Gasteiger partial charge is 0.193 e. The largest absolute Gasteiger partial charge is 0.492 e. The Kier molecular flexibility index (Phi) is 8.09. The van der Waals surface area contributed by atoms with Crippen LogP contribution in [0.2, 0.25) is 0 Å². The van der Waals surface area contributed by atoms with Gasteiger partial charge in [-0.15, -0.1) is 0 Å². The van der Waals surface area contributed by atoms with Crippen molar-refractivity contribution in [3.05, 3.63) is 71.9 Å². The number of nitrogens with two attached hydrogens (primary N) is 1. The van der Waals surface area contributed by atoms with Crippen LogP contribution in [0.3, 0.4) is 0 Å². The number of benzene rings is 2. The summed E-state index contributed by atoms with van der Waals surface area (Å²) in [6, 6.07) is 21.5. The standard InChI is InChI=1S/C24H29N7O/c1-27-24(30(2)16-17-32-20-12-7-4-8-13-20)28-15-9-14-22-21(18-25)23(26)31(29-22)19-10-5-3-6-11-19/h3-8,10-13H,9,14-17,26H2,1-2H3,(H,27,28). The fraction of sp³-hybridized carbons (Fsp3) is 0.292. The number of aryl methyl sites for hydroxylation is 1. The quantitative estimate of drug-likeness (QED) is 0.307. The van der Waals surface area contributed by atoms with Crippen LogP contribution in [0.5, 0.6) is 5.75 Å². The molecular weight excluding hydrogens is 402 g/mol. The third kappa shape index (κ3) is 5.79. The number of guanidine groups is 1. The van der Waals surface area contributed by atoms with E-state index in [-0.39, 0.29) is 0 Å². The Hall–Kier alpha value is -3.99. The van der Waals surface area contributed by atoms with Gasteiger partial charge in [-0.1, -0.05) is 36.4 Å². The monoisotopic (exact) mass is 431 g/mol. The van der Waals surface area contributed by atoms with E-state index in [9.17, 15) is 5.26 Å². The number of rotatable bonds is 9. The second-order valence-electron chi connectivity index (χ2n) is 7.23. The lowest BCUT2D eigenvalue weighted by Crippen LogP contribution is -2.41. The van der Waals surface area contributed by atoms with E-state index in [4.69, 9.17) is 10.5 Å². The summed E-state index contributed by atoms with van der Waals surface area (Å²) < 4.78 is 7.38. The van der Waals surface area contributed by atoms with Gasteiger partial charge in [0.25, 0.3) is 0 Å². The third-order valence-corrected chi connectivity index (χ3v) is 4.99. The highest BCUT2D eigenvalue weighted by atomic mass is 16.5. The van der Waals surface area contributed by atoms with Crippen molar-refractivity contribution in [3.8, 4) is 17.5 Å². The molecule has 3 N–H and O–H groups in total. The number of nitriles is 1. The van der Waals surface area contributed by atoms with Gasteiger partial charge in [-0.3, -0.25) is 4.99 Å².